The number of aliphatic hydroxyl groups is 1. The summed E-state index contributed by atoms with van der Waals surface area (Å²) in [5.41, 5.74) is 1.50. The summed E-state index contributed by atoms with van der Waals surface area (Å²) in [6.45, 7) is 4.82. The van der Waals surface area contributed by atoms with Gasteiger partial charge in [0, 0.05) is 19.2 Å². The highest BCUT2D eigenvalue weighted by Crippen LogP contribution is 2.34. The number of aliphatic hydroxyl groups excluding tert-OH is 1. The Morgan fingerprint density at radius 3 is 2.63 bits per heavy atom. The third-order valence-corrected chi connectivity index (χ3v) is 6.28. The molecule has 1 heterocycles. The maximum absolute atomic E-state index is 13.7. The van der Waals surface area contributed by atoms with Gasteiger partial charge in [0.15, 0.2) is 0 Å². The summed E-state index contributed by atoms with van der Waals surface area (Å²) in [6, 6.07) is 11.6. The number of halogens is 1. The molecule has 0 radical (unpaired) electrons. The molecule has 1 aliphatic rings. The first-order valence-corrected chi connectivity index (χ1v) is 9.65. The van der Waals surface area contributed by atoms with Crippen LogP contribution >= 0.6 is 0 Å². The lowest BCUT2D eigenvalue weighted by molar-refractivity contribution is -0.0250. The molecular formula is C20H21FN2O3S. The predicted molar refractivity (Wildman–Crippen MR) is 100 cm³/mol. The van der Waals surface area contributed by atoms with Crippen molar-refractivity contribution in [3.05, 3.63) is 58.9 Å². The fourth-order valence-electron chi connectivity index (χ4n) is 3.10. The zero-order chi connectivity index (χ0) is 19.6. The molecule has 0 spiro atoms. The summed E-state index contributed by atoms with van der Waals surface area (Å²) in [6.07, 6.45) is 0. The number of rotatable bonds is 6. The van der Waals surface area contributed by atoms with Crippen LogP contribution in [0.25, 0.3) is 0 Å². The Balaban J connectivity index is 1.63. The van der Waals surface area contributed by atoms with Gasteiger partial charge < -0.3 is 9.84 Å². The number of hydrogen-bond donors (Lipinski definition) is 1. The Labute approximate surface area is 160 Å². The molecule has 3 rings (SSSR count). The molecular weight excluding hydrogens is 367 g/mol. The van der Waals surface area contributed by atoms with Crippen molar-refractivity contribution in [2.75, 3.05) is 26.3 Å². The Hall–Kier alpha value is -2.27. The Kier molecular flexibility index (Phi) is 5.61. The largest absolute Gasteiger partial charge is 0.493 e. The van der Waals surface area contributed by atoms with E-state index in [1.54, 1.807) is 10.4 Å². The van der Waals surface area contributed by atoms with E-state index in [9.17, 15) is 13.7 Å². The van der Waals surface area contributed by atoms with E-state index in [-0.39, 0.29) is 18.8 Å². The average Bonchev–Trinajstić information content (AvgIpc) is 2.61. The van der Waals surface area contributed by atoms with Crippen LogP contribution in [0.15, 0.2) is 41.3 Å². The summed E-state index contributed by atoms with van der Waals surface area (Å²) < 4.78 is 33.9. The number of nitriles is 1. The molecule has 1 fully saturated rings. The lowest BCUT2D eigenvalue weighted by Crippen LogP contribution is -2.61. The second kappa shape index (κ2) is 7.77. The Bertz CT molecular complexity index is 920. The monoisotopic (exact) mass is 388 g/mol. The van der Waals surface area contributed by atoms with Crippen LogP contribution in [0.1, 0.15) is 16.7 Å². The summed E-state index contributed by atoms with van der Waals surface area (Å²) in [5, 5.41) is 18.6. The van der Waals surface area contributed by atoms with Gasteiger partial charge >= 0.3 is 0 Å². The van der Waals surface area contributed by atoms with Crippen LogP contribution in [-0.2, 0) is 11.0 Å². The number of ether oxygens (including phenoxy) is 1. The van der Waals surface area contributed by atoms with E-state index in [1.165, 1.54) is 12.1 Å². The average molecular weight is 388 g/mol. The molecule has 1 unspecified atom stereocenters. The van der Waals surface area contributed by atoms with Crippen molar-refractivity contribution in [1.29, 1.82) is 5.26 Å². The summed E-state index contributed by atoms with van der Waals surface area (Å²) in [5.74, 6) is -0.340. The van der Waals surface area contributed by atoms with Crippen LogP contribution < -0.4 is 4.74 Å². The highest BCUT2D eigenvalue weighted by atomic mass is 32.2. The second-order valence-corrected chi connectivity index (χ2v) is 8.47. The maximum Gasteiger partial charge on any atom is 0.144 e. The van der Waals surface area contributed by atoms with E-state index in [1.807, 2.05) is 32.0 Å². The molecule has 2 aromatic rings. The van der Waals surface area contributed by atoms with Crippen LogP contribution in [0.2, 0.25) is 0 Å². The maximum atomic E-state index is 13.7. The minimum absolute atomic E-state index is 0.0436. The van der Waals surface area contributed by atoms with Gasteiger partial charge in [-0.15, -0.1) is 0 Å². The van der Waals surface area contributed by atoms with Gasteiger partial charge in [-0.25, -0.2) is 12.9 Å². The summed E-state index contributed by atoms with van der Waals surface area (Å²) >= 11 is 0. The van der Waals surface area contributed by atoms with Crippen molar-refractivity contribution in [1.82, 2.24) is 4.31 Å². The third kappa shape index (κ3) is 4.03. The van der Waals surface area contributed by atoms with Gasteiger partial charge in [0.2, 0.25) is 0 Å². The van der Waals surface area contributed by atoms with E-state index < -0.39 is 22.2 Å². The van der Waals surface area contributed by atoms with Crippen molar-refractivity contribution >= 4 is 11.0 Å². The van der Waals surface area contributed by atoms with E-state index in [0.717, 1.165) is 22.1 Å². The number of benzene rings is 2. The lowest BCUT2D eigenvalue weighted by Gasteiger charge is -2.47. The molecule has 1 atom stereocenters. The Morgan fingerprint density at radius 2 is 2.04 bits per heavy atom. The predicted octanol–water partition coefficient (Wildman–Crippen LogP) is 2.71. The quantitative estimate of drug-likeness (QED) is 0.826. The molecule has 142 valence electrons. The van der Waals surface area contributed by atoms with Gasteiger partial charge in [0.1, 0.15) is 28.6 Å². The SMILES string of the molecule is Cc1ccc(S(=O)N2CC(CO)(COc3ccc(C#N)c(F)c3)C2)c(C)c1. The van der Waals surface area contributed by atoms with Crippen molar-refractivity contribution in [2.45, 2.75) is 18.7 Å². The summed E-state index contributed by atoms with van der Waals surface area (Å²) in [7, 11) is -1.29. The molecule has 1 aliphatic heterocycles. The van der Waals surface area contributed by atoms with Crippen LogP contribution in [0.5, 0.6) is 5.75 Å². The van der Waals surface area contributed by atoms with Gasteiger partial charge in [0.25, 0.3) is 0 Å². The number of aryl methyl sites for hydroxylation is 2. The van der Waals surface area contributed by atoms with Crippen LogP contribution in [0, 0.1) is 36.4 Å². The molecule has 0 aromatic heterocycles. The number of hydrogen-bond acceptors (Lipinski definition) is 4. The third-order valence-electron chi connectivity index (χ3n) is 4.72. The van der Waals surface area contributed by atoms with Crippen molar-refractivity contribution in [3.8, 4) is 11.8 Å². The molecule has 1 saturated heterocycles. The fraction of sp³-hybridized carbons (Fsp3) is 0.350. The molecule has 1 N–H and O–H groups in total. The molecule has 0 aliphatic carbocycles. The Morgan fingerprint density at radius 1 is 1.30 bits per heavy atom. The van der Waals surface area contributed by atoms with E-state index in [2.05, 4.69) is 0 Å². The minimum Gasteiger partial charge on any atom is -0.493 e. The zero-order valence-electron chi connectivity index (χ0n) is 15.2. The van der Waals surface area contributed by atoms with Crippen LogP contribution in [0.3, 0.4) is 0 Å². The highest BCUT2D eigenvalue weighted by Gasteiger charge is 2.46. The van der Waals surface area contributed by atoms with Crippen molar-refractivity contribution in [2.24, 2.45) is 5.41 Å². The van der Waals surface area contributed by atoms with Gasteiger partial charge in [-0.1, -0.05) is 17.7 Å². The lowest BCUT2D eigenvalue weighted by atomic mass is 9.83. The minimum atomic E-state index is -1.29. The first kappa shape index (κ1) is 19.5. The van der Waals surface area contributed by atoms with Crippen LogP contribution in [-0.4, -0.2) is 39.9 Å². The fourth-order valence-corrected chi connectivity index (χ4v) is 4.68. The molecule has 2 aromatic carbocycles. The summed E-state index contributed by atoms with van der Waals surface area (Å²) in [4.78, 5) is 0.766. The highest BCUT2D eigenvalue weighted by molar-refractivity contribution is 7.82. The van der Waals surface area contributed by atoms with Gasteiger partial charge in [-0.3, -0.25) is 0 Å². The second-order valence-electron chi connectivity index (χ2n) is 7.02. The van der Waals surface area contributed by atoms with E-state index in [0.29, 0.717) is 18.8 Å². The normalized spacial score (nSPS) is 17.0. The van der Waals surface area contributed by atoms with Crippen LogP contribution in [0.4, 0.5) is 4.39 Å². The molecule has 0 saturated carbocycles. The molecule has 0 amide bonds. The molecule has 27 heavy (non-hydrogen) atoms. The van der Waals surface area contributed by atoms with Gasteiger partial charge in [-0.05, 0) is 37.6 Å². The standard InChI is InChI=1S/C20H21FN2O3S/c1-14-3-6-19(15(2)7-14)27(25)23-10-20(11-23,12-24)13-26-17-5-4-16(9-22)18(21)8-17/h3-8,24H,10-13H2,1-2H3. The molecule has 5 nitrogen and oxygen atoms in total. The van der Waals surface area contributed by atoms with Gasteiger partial charge in [-0.2, -0.15) is 5.26 Å². The molecule has 7 heteroatoms. The zero-order valence-corrected chi connectivity index (χ0v) is 16.1. The van der Waals surface area contributed by atoms with Crippen molar-refractivity contribution < 1.29 is 18.4 Å². The van der Waals surface area contributed by atoms with Gasteiger partial charge in [0.05, 0.1) is 29.1 Å². The van der Waals surface area contributed by atoms with E-state index in [4.69, 9.17) is 10.00 Å². The first-order valence-electron chi connectivity index (χ1n) is 8.55. The molecule has 0 bridgehead atoms. The topological polar surface area (TPSA) is 73.6 Å². The first-order chi connectivity index (χ1) is 12.9. The number of nitrogens with zero attached hydrogens (tertiary/aromatic N) is 2. The van der Waals surface area contributed by atoms with E-state index >= 15 is 0 Å². The smallest absolute Gasteiger partial charge is 0.144 e. The van der Waals surface area contributed by atoms with Crippen molar-refractivity contribution in [3.63, 3.8) is 0 Å².